The van der Waals surface area contributed by atoms with Gasteiger partial charge >= 0.3 is 0 Å². The van der Waals surface area contributed by atoms with Gasteiger partial charge in [-0.2, -0.15) is 0 Å². The van der Waals surface area contributed by atoms with Gasteiger partial charge in [0, 0.05) is 31.6 Å². The molecule has 1 aliphatic rings. The molecule has 3 rings (SSSR count). The highest BCUT2D eigenvalue weighted by atomic mass is 16.7. The highest BCUT2D eigenvalue weighted by Gasteiger charge is 2.37. The third-order valence-electron chi connectivity index (χ3n) is 5.62. The van der Waals surface area contributed by atoms with Crippen LogP contribution in [-0.4, -0.2) is 56.9 Å². The first-order valence-electron chi connectivity index (χ1n) is 11.9. The van der Waals surface area contributed by atoms with E-state index in [1.165, 1.54) is 0 Å². The minimum absolute atomic E-state index is 0.00178. The minimum atomic E-state index is -0.563. The summed E-state index contributed by atoms with van der Waals surface area (Å²) in [5.74, 6) is -0.0624. The maximum atomic E-state index is 13.0. The number of hydrogen-bond acceptors (Lipinski definition) is 6. The Kier molecular flexibility index (Phi) is 11.1. The number of carbonyl (C=O) groups is 1. The molecule has 2 aromatic rings. The molecule has 0 saturated heterocycles. The largest absolute Gasteiger partial charge is 0.459 e. The van der Waals surface area contributed by atoms with Crippen LogP contribution >= 0.6 is 0 Å². The van der Waals surface area contributed by atoms with Gasteiger partial charge in [0.2, 0.25) is 6.29 Å². The molecule has 0 aromatic heterocycles. The molecule has 1 aliphatic heterocycles. The van der Waals surface area contributed by atoms with Crippen molar-refractivity contribution in [2.24, 2.45) is 5.92 Å². The van der Waals surface area contributed by atoms with Gasteiger partial charge in [-0.05, 0) is 30.5 Å². The molecule has 34 heavy (non-hydrogen) atoms. The van der Waals surface area contributed by atoms with Crippen molar-refractivity contribution in [2.45, 2.75) is 32.1 Å². The van der Waals surface area contributed by atoms with Gasteiger partial charge in [0.25, 0.3) is 5.91 Å². The van der Waals surface area contributed by atoms with Gasteiger partial charge < -0.3 is 29.4 Å². The first-order chi connectivity index (χ1) is 16.7. The molecular weight excluding hydrogens is 434 g/mol. The molecule has 7 heteroatoms. The van der Waals surface area contributed by atoms with E-state index in [-0.39, 0.29) is 30.1 Å². The summed E-state index contributed by atoms with van der Waals surface area (Å²) in [6.07, 6.45) is 2.03. The molecule has 2 N–H and O–H groups in total. The Hall–Kier alpha value is -2.71. The van der Waals surface area contributed by atoms with Crippen LogP contribution in [0, 0.1) is 5.92 Å². The van der Waals surface area contributed by atoms with Gasteiger partial charge in [0.1, 0.15) is 0 Å². The summed E-state index contributed by atoms with van der Waals surface area (Å²) in [5.41, 5.74) is 2.12. The zero-order valence-corrected chi connectivity index (χ0v) is 19.7. The Morgan fingerprint density at radius 1 is 0.971 bits per heavy atom. The van der Waals surface area contributed by atoms with Crippen LogP contribution in [0.25, 0.3) is 0 Å². The maximum Gasteiger partial charge on any atom is 0.286 e. The first kappa shape index (κ1) is 25.9. The Morgan fingerprint density at radius 3 is 2.32 bits per heavy atom. The fraction of sp³-hybridized carbons (Fsp3) is 0.444. The second-order valence-electron chi connectivity index (χ2n) is 7.98. The number of hydrogen-bond donors (Lipinski definition) is 2. The molecule has 0 spiro atoms. The second-order valence-corrected chi connectivity index (χ2v) is 7.98. The first-order valence-corrected chi connectivity index (χ1v) is 11.9. The van der Waals surface area contributed by atoms with Crippen LogP contribution in [0.5, 0.6) is 0 Å². The topological polar surface area (TPSA) is 86.3 Å². The van der Waals surface area contributed by atoms with Crippen molar-refractivity contribution in [1.82, 2.24) is 5.32 Å². The van der Waals surface area contributed by atoms with Crippen molar-refractivity contribution in [3.63, 3.8) is 0 Å². The van der Waals surface area contributed by atoms with E-state index in [0.29, 0.717) is 46.0 Å². The number of nitrogens with one attached hydrogen (secondary N) is 1. The number of ether oxygens (including phenoxy) is 4. The number of amides is 1. The molecule has 2 aromatic carbocycles. The Balaban J connectivity index is 1.70. The van der Waals surface area contributed by atoms with Crippen LogP contribution in [-0.2, 0) is 30.3 Å². The van der Waals surface area contributed by atoms with Crippen LogP contribution in [0.1, 0.15) is 30.4 Å². The molecule has 0 bridgehead atoms. The number of benzene rings is 2. The summed E-state index contributed by atoms with van der Waals surface area (Å²) in [4.78, 5) is 13.0. The van der Waals surface area contributed by atoms with E-state index in [4.69, 9.17) is 24.1 Å². The highest BCUT2D eigenvalue weighted by molar-refractivity contribution is 5.91. The molecule has 0 saturated carbocycles. The third-order valence-corrected chi connectivity index (χ3v) is 5.62. The summed E-state index contributed by atoms with van der Waals surface area (Å²) in [6.45, 7) is 4.51. The molecule has 1 heterocycles. The lowest BCUT2D eigenvalue weighted by Crippen LogP contribution is -2.39. The summed E-state index contributed by atoms with van der Waals surface area (Å²) in [6, 6.07) is 19.9. The fourth-order valence-corrected chi connectivity index (χ4v) is 3.96. The van der Waals surface area contributed by atoms with E-state index in [0.717, 1.165) is 11.1 Å². The van der Waals surface area contributed by atoms with Crippen LogP contribution in [0.2, 0.25) is 0 Å². The monoisotopic (exact) mass is 469 g/mol. The van der Waals surface area contributed by atoms with Crippen molar-refractivity contribution < 1.29 is 28.8 Å². The van der Waals surface area contributed by atoms with E-state index in [1.807, 2.05) is 61.5 Å². The van der Waals surface area contributed by atoms with Gasteiger partial charge in [-0.1, -0.05) is 60.7 Å². The zero-order valence-electron chi connectivity index (χ0n) is 19.7. The van der Waals surface area contributed by atoms with Gasteiger partial charge in [-0.3, -0.25) is 4.79 Å². The Bertz CT molecular complexity index is 873. The van der Waals surface area contributed by atoms with Gasteiger partial charge in [0.15, 0.2) is 5.76 Å². The molecule has 7 nitrogen and oxygen atoms in total. The van der Waals surface area contributed by atoms with Crippen molar-refractivity contribution in [3.8, 4) is 0 Å². The van der Waals surface area contributed by atoms with Gasteiger partial charge in [-0.25, -0.2) is 0 Å². The van der Waals surface area contributed by atoms with Crippen molar-refractivity contribution in [2.75, 3.05) is 39.6 Å². The van der Waals surface area contributed by atoms with Gasteiger partial charge in [-0.15, -0.1) is 0 Å². The average Bonchev–Trinajstić information content (AvgIpc) is 2.88. The van der Waals surface area contributed by atoms with E-state index in [9.17, 15) is 4.79 Å². The van der Waals surface area contributed by atoms with Crippen LogP contribution in [0.4, 0.5) is 0 Å². The quantitative estimate of drug-likeness (QED) is 0.413. The fourth-order valence-electron chi connectivity index (χ4n) is 3.96. The SMILES string of the molecule is CCO[C@@H]1OC(C(=O)NCc2ccccc2)=C[C@H](c2ccccc2)[C@H]1CCOCCOCCO. The van der Waals surface area contributed by atoms with Gasteiger partial charge in [0.05, 0.1) is 26.4 Å². The second kappa shape index (κ2) is 14.5. The molecule has 0 aliphatic carbocycles. The standard InChI is InChI=1S/C27H35NO6/c1-2-33-27-23(13-15-31-17-18-32-16-14-29)24(22-11-7-4-8-12-22)19-25(34-27)26(30)28-20-21-9-5-3-6-10-21/h3-12,19,23-24,27,29H,2,13-18,20H2,1H3,(H,28,30)/t23-,24-,27-/m1/s1. The highest BCUT2D eigenvalue weighted by Crippen LogP contribution is 2.38. The lowest BCUT2D eigenvalue weighted by atomic mass is 9.81. The average molecular weight is 470 g/mol. The normalized spacial score (nSPS) is 19.8. The Morgan fingerprint density at radius 2 is 1.65 bits per heavy atom. The maximum absolute atomic E-state index is 13.0. The number of aliphatic hydroxyl groups is 1. The lowest BCUT2D eigenvalue weighted by molar-refractivity contribution is -0.168. The zero-order chi connectivity index (χ0) is 24.0. The Labute approximate surface area is 201 Å². The third kappa shape index (κ3) is 7.95. The smallest absolute Gasteiger partial charge is 0.286 e. The minimum Gasteiger partial charge on any atom is -0.459 e. The summed E-state index contributed by atoms with van der Waals surface area (Å²) in [5, 5.41) is 11.7. The summed E-state index contributed by atoms with van der Waals surface area (Å²) in [7, 11) is 0. The molecule has 0 radical (unpaired) electrons. The molecule has 184 valence electrons. The van der Waals surface area contributed by atoms with E-state index in [2.05, 4.69) is 17.4 Å². The number of carbonyl (C=O) groups excluding carboxylic acids is 1. The molecule has 0 unspecified atom stereocenters. The molecular formula is C27H35NO6. The number of rotatable bonds is 14. The van der Waals surface area contributed by atoms with Crippen molar-refractivity contribution in [1.29, 1.82) is 0 Å². The molecule has 0 fully saturated rings. The van der Waals surface area contributed by atoms with Crippen molar-refractivity contribution in [3.05, 3.63) is 83.6 Å². The van der Waals surface area contributed by atoms with E-state index >= 15 is 0 Å². The lowest BCUT2D eigenvalue weighted by Gasteiger charge is -2.37. The van der Waals surface area contributed by atoms with E-state index < -0.39 is 6.29 Å². The van der Waals surface area contributed by atoms with Crippen LogP contribution < -0.4 is 5.32 Å². The molecule has 3 atom stereocenters. The van der Waals surface area contributed by atoms with Crippen LogP contribution in [0.15, 0.2) is 72.5 Å². The summed E-state index contributed by atoms with van der Waals surface area (Å²) >= 11 is 0. The number of aliphatic hydroxyl groups excluding tert-OH is 1. The van der Waals surface area contributed by atoms with Crippen LogP contribution in [0.3, 0.4) is 0 Å². The summed E-state index contributed by atoms with van der Waals surface area (Å²) < 4.78 is 23.0. The predicted molar refractivity (Wildman–Crippen MR) is 129 cm³/mol. The predicted octanol–water partition coefficient (Wildman–Crippen LogP) is 3.40. The number of allylic oxidation sites excluding steroid dienone is 1. The van der Waals surface area contributed by atoms with Crippen molar-refractivity contribution >= 4 is 5.91 Å². The van der Waals surface area contributed by atoms with E-state index in [1.54, 1.807) is 0 Å². The molecule has 1 amide bonds.